The fourth-order valence-electron chi connectivity index (χ4n) is 16.6. The molecule has 3 atom stereocenters. The van der Waals surface area contributed by atoms with Crippen LogP contribution in [0.15, 0.2) is 194 Å². The van der Waals surface area contributed by atoms with Crippen LogP contribution in [-0.4, -0.2) is 0 Å². The van der Waals surface area contributed by atoms with E-state index >= 15 is 0 Å². The minimum absolute atomic E-state index is 0.0480. The maximum absolute atomic E-state index is 4.63. The molecule has 0 heteroatoms. The van der Waals surface area contributed by atoms with Crippen molar-refractivity contribution in [2.24, 2.45) is 0 Å². The van der Waals surface area contributed by atoms with Crippen LogP contribution < -0.4 is 0 Å². The molecule has 0 nitrogen and oxygen atoms in total. The fourth-order valence-corrected chi connectivity index (χ4v) is 16.6. The van der Waals surface area contributed by atoms with Crippen molar-refractivity contribution in [3.05, 3.63) is 278 Å². The molecule has 0 aromatic heterocycles. The van der Waals surface area contributed by atoms with Crippen LogP contribution >= 0.6 is 0 Å². The number of hydrogen-bond acceptors (Lipinski definition) is 0. The lowest BCUT2D eigenvalue weighted by molar-refractivity contribution is 0.649. The van der Waals surface area contributed by atoms with Gasteiger partial charge in [0.2, 0.25) is 0 Å². The van der Waals surface area contributed by atoms with Crippen LogP contribution in [0.2, 0.25) is 0 Å². The second-order valence-corrected chi connectivity index (χ2v) is 25.9. The standard InChI is InChI=1S/C77H64/c1-42-47-22-14-17-25-54(47)70-49(42)32-34-61-72(70)59-40-65-57(38-67(59)74(61,3)4)52-30-28-45(36-63(52)76(65,7)8)69(56-27-19-16-24-51(56)44-20-12-11-13-21-44)46-29-31-53-58-39-68-60(41-66(58)77(9,10)64(53)37-46)73-62(75(68,5)6)35-33-50-43(2)48-23-15-18-26-55(48)71(50)73/h11-23,25-41,43,51,69H,1,24H2,2-10H3. The largest absolute Gasteiger partial charge is 0.0905 e. The summed E-state index contributed by atoms with van der Waals surface area (Å²) in [5.41, 5.74) is 39.7. The molecule has 0 saturated heterocycles. The zero-order valence-electron chi connectivity index (χ0n) is 46.0. The van der Waals surface area contributed by atoms with Gasteiger partial charge in [-0.15, -0.1) is 0 Å². The first kappa shape index (κ1) is 45.4. The van der Waals surface area contributed by atoms with Crippen molar-refractivity contribution in [3.63, 3.8) is 0 Å². The second kappa shape index (κ2) is 15.0. The average Bonchev–Trinajstić information content (AvgIpc) is 4.21. The summed E-state index contributed by atoms with van der Waals surface area (Å²) in [4.78, 5) is 0. The molecular weight excluding hydrogens is 925 g/mol. The van der Waals surface area contributed by atoms with Gasteiger partial charge in [0.05, 0.1) is 0 Å². The van der Waals surface area contributed by atoms with Crippen LogP contribution in [0.5, 0.6) is 0 Å². The molecule has 0 saturated carbocycles. The van der Waals surface area contributed by atoms with Crippen molar-refractivity contribution in [1.29, 1.82) is 0 Å². The molecule has 0 radical (unpaired) electrons. The van der Waals surface area contributed by atoms with Crippen LogP contribution in [0.3, 0.4) is 0 Å². The van der Waals surface area contributed by atoms with E-state index in [0.29, 0.717) is 5.92 Å². The van der Waals surface area contributed by atoms with Gasteiger partial charge in [-0.25, -0.2) is 0 Å². The zero-order chi connectivity index (χ0) is 52.4. The Morgan fingerprint density at radius 1 is 0.390 bits per heavy atom. The maximum atomic E-state index is 4.63. The fraction of sp³-hybridized carbons (Fsp3) is 0.221. The minimum atomic E-state index is -0.221. The highest BCUT2D eigenvalue weighted by molar-refractivity contribution is 6.09. The summed E-state index contributed by atoms with van der Waals surface area (Å²) in [7, 11) is 0. The number of allylic oxidation sites excluding steroid dienone is 4. The van der Waals surface area contributed by atoms with E-state index in [1.807, 2.05) is 0 Å². The van der Waals surface area contributed by atoms with Gasteiger partial charge in [0.15, 0.2) is 0 Å². The van der Waals surface area contributed by atoms with Gasteiger partial charge in [0.25, 0.3) is 0 Å². The molecule has 0 fully saturated rings. The molecule has 0 amide bonds. The molecule has 0 heterocycles. The van der Waals surface area contributed by atoms with Crippen LogP contribution in [0.25, 0.3) is 72.3 Å². The molecule has 16 rings (SSSR count). The molecule has 0 aliphatic heterocycles. The van der Waals surface area contributed by atoms with Crippen molar-refractivity contribution >= 4 is 5.57 Å². The van der Waals surface area contributed by atoms with Crippen LogP contribution in [-0.2, 0) is 21.7 Å². The zero-order valence-corrected chi connectivity index (χ0v) is 46.0. The van der Waals surface area contributed by atoms with Crippen molar-refractivity contribution in [2.45, 2.75) is 108 Å². The lowest BCUT2D eigenvalue weighted by Gasteiger charge is -2.32. The Labute approximate surface area is 455 Å². The summed E-state index contributed by atoms with van der Waals surface area (Å²) in [6.07, 6.45) is 8.14. The summed E-state index contributed by atoms with van der Waals surface area (Å²) < 4.78 is 0. The van der Waals surface area contributed by atoms with Gasteiger partial charge in [-0.2, -0.15) is 0 Å². The Morgan fingerprint density at radius 2 is 0.870 bits per heavy atom. The number of hydrogen-bond donors (Lipinski definition) is 0. The summed E-state index contributed by atoms with van der Waals surface area (Å²) >= 11 is 0. The molecule has 9 aromatic carbocycles. The minimum Gasteiger partial charge on any atom is -0.0905 e. The third-order valence-corrected chi connectivity index (χ3v) is 20.8. The van der Waals surface area contributed by atoms with E-state index in [4.69, 9.17) is 0 Å². The predicted octanol–water partition coefficient (Wildman–Crippen LogP) is 19.9. The normalized spacial score (nSPS) is 19.9. The van der Waals surface area contributed by atoms with Crippen molar-refractivity contribution in [1.82, 2.24) is 0 Å². The van der Waals surface area contributed by atoms with E-state index in [1.165, 1.54) is 156 Å². The van der Waals surface area contributed by atoms with Gasteiger partial charge >= 0.3 is 0 Å². The van der Waals surface area contributed by atoms with Crippen LogP contribution in [0.4, 0.5) is 0 Å². The molecule has 7 aliphatic rings. The first-order valence-electron chi connectivity index (χ1n) is 28.4. The molecular formula is C77H64. The van der Waals surface area contributed by atoms with Crippen LogP contribution in [0.1, 0.15) is 170 Å². The molecule has 7 aliphatic carbocycles. The number of fused-ring (bicyclic) bond motifs is 20. The highest BCUT2D eigenvalue weighted by Gasteiger charge is 2.47. The molecule has 372 valence electrons. The van der Waals surface area contributed by atoms with Gasteiger partial charge < -0.3 is 0 Å². The molecule has 0 bridgehead atoms. The second-order valence-electron chi connectivity index (χ2n) is 25.9. The van der Waals surface area contributed by atoms with Gasteiger partial charge in [-0.05, 0) is 186 Å². The van der Waals surface area contributed by atoms with Crippen LogP contribution in [0, 0.1) is 0 Å². The highest BCUT2D eigenvalue weighted by atomic mass is 14.5. The Bertz CT molecular complexity index is 4270. The maximum Gasteiger partial charge on any atom is 0.0308 e. The Kier molecular flexibility index (Phi) is 8.86. The summed E-state index contributed by atoms with van der Waals surface area (Å²) in [5, 5.41) is 0. The van der Waals surface area contributed by atoms with Gasteiger partial charge in [0, 0.05) is 39.4 Å². The monoisotopic (exact) mass is 989 g/mol. The summed E-state index contributed by atoms with van der Waals surface area (Å²) in [6, 6.07) is 64.6. The molecule has 0 N–H and O–H groups in total. The van der Waals surface area contributed by atoms with E-state index in [2.05, 4.69) is 251 Å². The smallest absolute Gasteiger partial charge is 0.0308 e. The topological polar surface area (TPSA) is 0 Å². The molecule has 9 aromatic rings. The van der Waals surface area contributed by atoms with Gasteiger partial charge in [-0.1, -0.05) is 232 Å². The lowest BCUT2D eigenvalue weighted by Crippen LogP contribution is -2.19. The Balaban J connectivity index is 0.843. The van der Waals surface area contributed by atoms with E-state index in [0.717, 1.165) is 12.0 Å². The number of rotatable bonds is 4. The Hall–Kier alpha value is -7.80. The quantitative estimate of drug-likeness (QED) is 0.165. The highest BCUT2D eigenvalue weighted by Crippen LogP contribution is 2.63. The SMILES string of the molecule is C=C1c2ccccc2-c2c1ccc1c2-c2cc3c(cc2C1(C)C)-c1ccc(C(C2=CC=CCC2c2ccccc2)c2ccc4c(c2)C(C)(C)c2cc5c(cc2-4)C(C)(C)c2ccc4c(c2-5)-c2ccccc2C4C)cc1C3(C)C. The number of benzene rings is 9. The summed E-state index contributed by atoms with van der Waals surface area (Å²) in [6.45, 7) is 26.7. The Morgan fingerprint density at radius 3 is 1.49 bits per heavy atom. The van der Waals surface area contributed by atoms with Gasteiger partial charge in [-0.3, -0.25) is 0 Å². The first-order chi connectivity index (χ1) is 37.1. The van der Waals surface area contributed by atoms with E-state index in [1.54, 1.807) is 0 Å². The predicted molar refractivity (Wildman–Crippen MR) is 323 cm³/mol. The van der Waals surface area contributed by atoms with Crippen molar-refractivity contribution < 1.29 is 0 Å². The third-order valence-electron chi connectivity index (χ3n) is 20.8. The van der Waals surface area contributed by atoms with E-state index in [9.17, 15) is 0 Å². The van der Waals surface area contributed by atoms with Gasteiger partial charge in [0.1, 0.15) is 0 Å². The molecule has 0 spiro atoms. The van der Waals surface area contributed by atoms with E-state index < -0.39 is 0 Å². The average molecular weight is 989 g/mol. The summed E-state index contributed by atoms with van der Waals surface area (Å²) in [5.74, 6) is 0.694. The first-order valence-corrected chi connectivity index (χ1v) is 28.4. The third kappa shape index (κ3) is 5.69. The van der Waals surface area contributed by atoms with E-state index in [-0.39, 0.29) is 33.5 Å². The lowest BCUT2D eigenvalue weighted by atomic mass is 9.71. The van der Waals surface area contributed by atoms with Crippen molar-refractivity contribution in [3.8, 4) is 66.8 Å². The van der Waals surface area contributed by atoms with Crippen molar-refractivity contribution in [2.75, 3.05) is 0 Å². The molecule has 77 heavy (non-hydrogen) atoms. The molecule has 3 unspecified atom stereocenters.